The first kappa shape index (κ1) is 17.7. The minimum absolute atomic E-state index is 0.118. The fourth-order valence-corrected chi connectivity index (χ4v) is 3.95. The van der Waals surface area contributed by atoms with Crippen LogP contribution in [-0.4, -0.2) is 47.7 Å². The van der Waals surface area contributed by atoms with E-state index in [4.69, 9.17) is 9.47 Å². The molecular weight excluding hydrogens is 356 g/mol. The van der Waals surface area contributed by atoms with Gasteiger partial charge in [-0.15, -0.1) is 0 Å². The van der Waals surface area contributed by atoms with Gasteiger partial charge in [0, 0.05) is 18.0 Å². The number of Topliss-reactive ketones (excluding diaryl/α,β-unsaturated/α-hetero) is 1. The van der Waals surface area contributed by atoms with Crippen molar-refractivity contribution in [3.8, 4) is 0 Å². The molecule has 1 saturated carbocycles. The largest absolute Gasteiger partial charge is 0.483 e. The summed E-state index contributed by atoms with van der Waals surface area (Å²) in [4.78, 5) is 26.5. The van der Waals surface area contributed by atoms with Crippen molar-refractivity contribution in [2.75, 3.05) is 6.61 Å². The lowest BCUT2D eigenvalue weighted by Gasteiger charge is -2.49. The third-order valence-electron chi connectivity index (χ3n) is 5.20. The number of halogens is 2. The number of carbonyl (C=O) groups excluding carboxylic acids is 2. The smallest absolute Gasteiger partial charge is 0.343 e. The second-order valence-electron chi connectivity index (χ2n) is 6.81. The maximum absolute atomic E-state index is 14.6. The van der Waals surface area contributed by atoms with Crippen LogP contribution in [0.1, 0.15) is 18.9 Å². The first-order chi connectivity index (χ1) is 13.0. The Bertz CT molecular complexity index is 823. The van der Waals surface area contributed by atoms with Crippen molar-refractivity contribution in [1.82, 2.24) is 4.90 Å². The molecule has 0 bridgehead atoms. The Balaban J connectivity index is 1.80. The molecule has 4 rings (SSSR count). The van der Waals surface area contributed by atoms with Crippen LogP contribution in [0.4, 0.5) is 8.78 Å². The number of hydrogen-bond donors (Lipinski definition) is 0. The molecule has 3 aliphatic rings. The number of benzene rings is 1. The molecule has 1 aliphatic carbocycles. The van der Waals surface area contributed by atoms with Crippen molar-refractivity contribution in [1.29, 1.82) is 0 Å². The first-order valence-electron chi connectivity index (χ1n) is 8.94. The Hall–Kier alpha value is -2.70. The lowest BCUT2D eigenvalue weighted by Crippen LogP contribution is -2.62. The van der Waals surface area contributed by atoms with Crippen molar-refractivity contribution < 1.29 is 27.8 Å². The molecule has 0 radical (unpaired) electrons. The lowest BCUT2D eigenvalue weighted by molar-refractivity contribution is -0.145. The van der Waals surface area contributed by atoms with Crippen LogP contribution >= 0.6 is 0 Å². The Morgan fingerprint density at radius 2 is 2.00 bits per heavy atom. The summed E-state index contributed by atoms with van der Waals surface area (Å²) >= 11 is 0. The molecule has 2 heterocycles. The highest BCUT2D eigenvalue weighted by Gasteiger charge is 2.56. The van der Waals surface area contributed by atoms with Gasteiger partial charge in [0.2, 0.25) is 0 Å². The van der Waals surface area contributed by atoms with E-state index in [1.165, 1.54) is 6.20 Å². The molecule has 2 aliphatic heterocycles. The summed E-state index contributed by atoms with van der Waals surface area (Å²) in [5.74, 6) is -1.78. The predicted octanol–water partition coefficient (Wildman–Crippen LogP) is 2.78. The number of ketones is 1. The zero-order chi connectivity index (χ0) is 19.1. The van der Waals surface area contributed by atoms with Gasteiger partial charge in [-0.3, -0.25) is 4.79 Å². The summed E-state index contributed by atoms with van der Waals surface area (Å²) in [6.45, 7) is 1.76. The van der Waals surface area contributed by atoms with Gasteiger partial charge in [-0.05, 0) is 13.3 Å². The number of esters is 1. The normalized spacial score (nSPS) is 32.0. The van der Waals surface area contributed by atoms with Crippen molar-refractivity contribution in [3.05, 3.63) is 53.9 Å². The third kappa shape index (κ3) is 2.91. The van der Waals surface area contributed by atoms with E-state index in [2.05, 4.69) is 0 Å². The summed E-state index contributed by atoms with van der Waals surface area (Å²) in [6, 6.07) is 8.33. The average molecular weight is 375 g/mol. The average Bonchev–Trinajstić information content (AvgIpc) is 2.68. The van der Waals surface area contributed by atoms with E-state index in [-0.39, 0.29) is 18.6 Å². The second kappa shape index (κ2) is 6.79. The molecule has 5 unspecified atom stereocenters. The number of nitrogens with zero attached hydrogens (tertiary/aromatic N) is 1. The minimum atomic E-state index is -1.86. The van der Waals surface area contributed by atoms with Crippen LogP contribution < -0.4 is 0 Å². The van der Waals surface area contributed by atoms with Gasteiger partial charge in [-0.1, -0.05) is 30.3 Å². The zero-order valence-electron chi connectivity index (χ0n) is 14.7. The first-order valence-corrected chi connectivity index (χ1v) is 8.94. The molecule has 0 aromatic heterocycles. The van der Waals surface area contributed by atoms with Crippen molar-refractivity contribution in [3.63, 3.8) is 0 Å². The van der Waals surface area contributed by atoms with Gasteiger partial charge < -0.3 is 14.4 Å². The minimum Gasteiger partial charge on any atom is -0.483 e. The Morgan fingerprint density at radius 1 is 1.26 bits per heavy atom. The second-order valence-corrected chi connectivity index (χ2v) is 6.81. The van der Waals surface area contributed by atoms with Crippen LogP contribution in [0.3, 0.4) is 0 Å². The zero-order valence-corrected chi connectivity index (χ0v) is 14.7. The van der Waals surface area contributed by atoms with Crippen LogP contribution in [-0.2, 0) is 19.1 Å². The van der Waals surface area contributed by atoms with E-state index in [0.29, 0.717) is 11.3 Å². The highest BCUT2D eigenvalue weighted by molar-refractivity contribution is 6.18. The fourth-order valence-electron chi connectivity index (χ4n) is 3.95. The summed E-state index contributed by atoms with van der Waals surface area (Å²) in [6.07, 6.45) is -2.12. The number of hydrogen-bond acceptors (Lipinski definition) is 5. The van der Waals surface area contributed by atoms with Crippen molar-refractivity contribution >= 4 is 17.5 Å². The molecule has 1 aromatic carbocycles. The quantitative estimate of drug-likeness (QED) is 0.601. The van der Waals surface area contributed by atoms with Crippen LogP contribution in [0.15, 0.2) is 48.3 Å². The van der Waals surface area contributed by atoms with E-state index < -0.39 is 42.2 Å². The predicted molar refractivity (Wildman–Crippen MR) is 92.5 cm³/mol. The maximum atomic E-state index is 14.6. The molecule has 7 heteroatoms. The van der Waals surface area contributed by atoms with E-state index in [9.17, 15) is 18.4 Å². The molecule has 0 saturated heterocycles. The molecule has 27 heavy (non-hydrogen) atoms. The number of rotatable bonds is 3. The Morgan fingerprint density at radius 3 is 2.70 bits per heavy atom. The third-order valence-corrected chi connectivity index (χ3v) is 5.20. The van der Waals surface area contributed by atoms with E-state index in [1.807, 2.05) is 6.07 Å². The van der Waals surface area contributed by atoms with Crippen LogP contribution in [0.25, 0.3) is 5.76 Å². The summed E-state index contributed by atoms with van der Waals surface area (Å²) in [7, 11) is 0. The van der Waals surface area contributed by atoms with Crippen molar-refractivity contribution in [2.45, 2.75) is 37.8 Å². The molecular formula is C20H19F2NO4. The maximum Gasteiger partial charge on any atom is 0.343 e. The van der Waals surface area contributed by atoms with E-state index in [1.54, 1.807) is 42.3 Å². The van der Waals surface area contributed by atoms with E-state index in [0.717, 1.165) is 0 Å². The van der Waals surface area contributed by atoms with Crippen LogP contribution in [0.5, 0.6) is 0 Å². The monoisotopic (exact) mass is 375 g/mol. The van der Waals surface area contributed by atoms with Gasteiger partial charge in [-0.25, -0.2) is 13.6 Å². The number of alkyl halides is 2. The van der Waals surface area contributed by atoms with E-state index >= 15 is 0 Å². The van der Waals surface area contributed by atoms with Crippen molar-refractivity contribution in [2.24, 2.45) is 5.92 Å². The highest BCUT2D eigenvalue weighted by atomic mass is 19.2. The number of ether oxygens (including phenoxy) is 2. The molecule has 1 aromatic rings. The van der Waals surface area contributed by atoms with Gasteiger partial charge >= 0.3 is 5.97 Å². The van der Waals surface area contributed by atoms with Crippen LogP contribution in [0.2, 0.25) is 0 Å². The molecule has 0 N–H and O–H groups in total. The molecule has 142 valence electrons. The molecule has 0 spiro atoms. The van der Waals surface area contributed by atoms with Gasteiger partial charge in [0.05, 0.1) is 18.6 Å². The van der Waals surface area contributed by atoms with Crippen LogP contribution in [0, 0.1) is 5.92 Å². The van der Waals surface area contributed by atoms with Gasteiger partial charge in [0.15, 0.2) is 18.1 Å². The van der Waals surface area contributed by atoms with Gasteiger partial charge in [0.25, 0.3) is 0 Å². The Labute approximate surface area is 155 Å². The molecule has 5 nitrogen and oxygen atoms in total. The molecule has 1 fully saturated rings. The summed E-state index contributed by atoms with van der Waals surface area (Å²) in [5.41, 5.74) is 0.551. The topological polar surface area (TPSA) is 55.8 Å². The number of carbonyl (C=O) groups is 2. The van der Waals surface area contributed by atoms with Gasteiger partial charge in [0.1, 0.15) is 17.5 Å². The SMILES string of the molecule is CCOC(=O)C1=CN2C=C(c3ccccc3)OC3C(F)C(F)CC(C1=O)C32. The standard InChI is InChI=1S/C20H19F2NO4/c1-2-26-20(25)13-9-23-10-15(11-6-4-3-5-7-11)27-19-16(22)14(21)8-12(17(19)23)18(13)24/h3-7,9-10,12,14,16-17,19H,2,8H2,1H3. The molecule has 0 amide bonds. The highest BCUT2D eigenvalue weighted by Crippen LogP contribution is 2.43. The summed E-state index contributed by atoms with van der Waals surface area (Å²) < 4.78 is 39.7. The lowest BCUT2D eigenvalue weighted by atomic mass is 9.73. The van der Waals surface area contributed by atoms with Gasteiger partial charge in [-0.2, -0.15) is 0 Å². The molecule has 5 atom stereocenters. The summed E-state index contributed by atoms with van der Waals surface area (Å²) in [5, 5.41) is 0. The fraction of sp³-hybridized carbons (Fsp3) is 0.400. The Kier molecular flexibility index (Phi) is 4.45.